The molecule has 1 aromatic rings. The molecule has 0 aliphatic carbocycles. The SMILES string of the molecule is CC(=O)N1CC[NH+]([C@H](C)C(=O)Nc2ccc(F)cc2F)CC1. The summed E-state index contributed by atoms with van der Waals surface area (Å²) in [4.78, 5) is 26.3. The van der Waals surface area contributed by atoms with E-state index in [0.717, 1.165) is 17.0 Å². The van der Waals surface area contributed by atoms with Gasteiger partial charge in [-0.05, 0) is 19.1 Å². The fourth-order valence-corrected chi connectivity index (χ4v) is 2.56. The molecule has 1 saturated heterocycles. The van der Waals surface area contributed by atoms with Crippen molar-refractivity contribution in [3.8, 4) is 0 Å². The van der Waals surface area contributed by atoms with Crippen LogP contribution in [0.1, 0.15) is 13.8 Å². The molecule has 0 spiro atoms. The number of nitrogens with zero attached hydrogens (tertiary/aromatic N) is 1. The van der Waals surface area contributed by atoms with Gasteiger partial charge in [0.25, 0.3) is 5.91 Å². The van der Waals surface area contributed by atoms with Gasteiger partial charge in [0.2, 0.25) is 5.91 Å². The van der Waals surface area contributed by atoms with Crippen LogP contribution < -0.4 is 10.2 Å². The third-order valence-corrected chi connectivity index (χ3v) is 4.05. The molecule has 2 amide bonds. The van der Waals surface area contributed by atoms with Gasteiger partial charge in [0.15, 0.2) is 6.04 Å². The highest BCUT2D eigenvalue weighted by Crippen LogP contribution is 2.14. The van der Waals surface area contributed by atoms with Gasteiger partial charge >= 0.3 is 0 Å². The molecule has 0 saturated carbocycles. The highest BCUT2D eigenvalue weighted by atomic mass is 19.1. The Balaban J connectivity index is 1.94. The van der Waals surface area contributed by atoms with Crippen LogP contribution >= 0.6 is 0 Å². The second kappa shape index (κ2) is 6.83. The number of carbonyl (C=O) groups is 2. The first-order valence-corrected chi connectivity index (χ1v) is 7.24. The Bertz CT molecular complexity index is 572. The molecule has 5 nitrogen and oxygen atoms in total. The number of benzene rings is 1. The van der Waals surface area contributed by atoms with Crippen molar-refractivity contribution in [2.24, 2.45) is 0 Å². The van der Waals surface area contributed by atoms with Crippen LogP contribution in [0.2, 0.25) is 0 Å². The number of quaternary nitrogens is 1. The van der Waals surface area contributed by atoms with Gasteiger partial charge in [0, 0.05) is 13.0 Å². The lowest BCUT2D eigenvalue weighted by Crippen LogP contribution is -3.19. The molecule has 0 aromatic heterocycles. The fourth-order valence-electron chi connectivity index (χ4n) is 2.56. The van der Waals surface area contributed by atoms with Crippen molar-refractivity contribution >= 4 is 17.5 Å². The maximum Gasteiger partial charge on any atom is 0.282 e. The lowest BCUT2D eigenvalue weighted by molar-refractivity contribution is -0.917. The quantitative estimate of drug-likeness (QED) is 0.828. The van der Waals surface area contributed by atoms with Crippen LogP contribution in [0.15, 0.2) is 18.2 Å². The topological polar surface area (TPSA) is 53.9 Å². The van der Waals surface area contributed by atoms with Crippen LogP contribution in [-0.2, 0) is 9.59 Å². The Kier molecular flexibility index (Phi) is 5.07. The van der Waals surface area contributed by atoms with Gasteiger partial charge in [0.1, 0.15) is 11.6 Å². The number of carbonyl (C=O) groups excluding carboxylic acids is 2. The molecule has 1 aliphatic rings. The molecule has 0 bridgehead atoms. The molecule has 120 valence electrons. The van der Waals surface area contributed by atoms with Crippen LogP contribution in [-0.4, -0.2) is 48.9 Å². The van der Waals surface area contributed by atoms with E-state index in [2.05, 4.69) is 5.32 Å². The van der Waals surface area contributed by atoms with E-state index in [1.807, 2.05) is 0 Å². The number of piperazine rings is 1. The predicted octanol–water partition coefficient (Wildman–Crippen LogP) is 0.0388. The molecule has 1 aliphatic heterocycles. The molecule has 2 N–H and O–H groups in total. The summed E-state index contributed by atoms with van der Waals surface area (Å²) in [6, 6.07) is 2.66. The van der Waals surface area contributed by atoms with E-state index in [9.17, 15) is 18.4 Å². The molecule has 1 fully saturated rings. The van der Waals surface area contributed by atoms with Crippen molar-refractivity contribution in [1.82, 2.24) is 4.90 Å². The van der Waals surface area contributed by atoms with E-state index < -0.39 is 11.6 Å². The van der Waals surface area contributed by atoms with E-state index in [1.165, 1.54) is 13.0 Å². The van der Waals surface area contributed by atoms with Gasteiger partial charge in [-0.15, -0.1) is 0 Å². The zero-order valence-corrected chi connectivity index (χ0v) is 12.7. The lowest BCUT2D eigenvalue weighted by atomic mass is 10.2. The van der Waals surface area contributed by atoms with Crippen molar-refractivity contribution in [3.05, 3.63) is 29.8 Å². The number of anilines is 1. The van der Waals surface area contributed by atoms with E-state index in [0.29, 0.717) is 26.2 Å². The molecule has 22 heavy (non-hydrogen) atoms. The Morgan fingerprint density at radius 2 is 1.91 bits per heavy atom. The first-order chi connectivity index (χ1) is 10.4. The molecule has 7 heteroatoms. The lowest BCUT2D eigenvalue weighted by Gasteiger charge is -2.34. The van der Waals surface area contributed by atoms with Crippen molar-refractivity contribution < 1.29 is 23.3 Å². The Labute approximate surface area is 127 Å². The summed E-state index contributed by atoms with van der Waals surface area (Å²) in [7, 11) is 0. The van der Waals surface area contributed by atoms with Gasteiger partial charge in [-0.2, -0.15) is 0 Å². The number of hydrogen-bond donors (Lipinski definition) is 2. The van der Waals surface area contributed by atoms with Gasteiger partial charge < -0.3 is 15.1 Å². The van der Waals surface area contributed by atoms with Crippen molar-refractivity contribution in [3.63, 3.8) is 0 Å². The van der Waals surface area contributed by atoms with Crippen molar-refractivity contribution in [2.75, 3.05) is 31.5 Å². The molecule has 0 radical (unpaired) electrons. The molecule has 1 aromatic carbocycles. The van der Waals surface area contributed by atoms with Crippen LogP contribution in [0.4, 0.5) is 14.5 Å². The minimum atomic E-state index is -0.794. The zero-order chi connectivity index (χ0) is 16.3. The second-order valence-electron chi connectivity index (χ2n) is 5.50. The maximum atomic E-state index is 13.6. The Morgan fingerprint density at radius 3 is 2.45 bits per heavy atom. The minimum Gasteiger partial charge on any atom is -0.332 e. The maximum absolute atomic E-state index is 13.6. The number of halogens is 2. The molecule has 1 atom stereocenters. The first-order valence-electron chi connectivity index (χ1n) is 7.24. The molecular weight excluding hydrogens is 292 g/mol. The predicted molar refractivity (Wildman–Crippen MR) is 77.4 cm³/mol. The van der Waals surface area contributed by atoms with Gasteiger partial charge in [-0.1, -0.05) is 0 Å². The molecule has 2 rings (SSSR count). The third kappa shape index (κ3) is 3.79. The standard InChI is InChI=1S/C15H19F2N3O2/c1-10(19-5-7-20(8-6-19)11(2)21)15(22)18-14-4-3-12(16)9-13(14)17/h3-4,9-10H,5-8H2,1-2H3,(H,18,22)/p+1/t10-/m1/s1. The van der Waals surface area contributed by atoms with Crippen LogP contribution in [0.5, 0.6) is 0 Å². The van der Waals surface area contributed by atoms with E-state index in [4.69, 9.17) is 0 Å². The van der Waals surface area contributed by atoms with E-state index >= 15 is 0 Å². The largest absolute Gasteiger partial charge is 0.332 e. The van der Waals surface area contributed by atoms with Crippen molar-refractivity contribution in [2.45, 2.75) is 19.9 Å². The number of nitrogens with one attached hydrogen (secondary N) is 2. The molecule has 1 heterocycles. The molecular formula is C15H20F2N3O2+. The number of hydrogen-bond acceptors (Lipinski definition) is 2. The summed E-state index contributed by atoms with van der Waals surface area (Å²) in [5, 5.41) is 2.49. The second-order valence-corrected chi connectivity index (χ2v) is 5.50. The van der Waals surface area contributed by atoms with E-state index in [1.54, 1.807) is 11.8 Å². The summed E-state index contributed by atoms with van der Waals surface area (Å²) < 4.78 is 26.4. The number of amides is 2. The van der Waals surface area contributed by atoms with Crippen LogP contribution in [0.3, 0.4) is 0 Å². The van der Waals surface area contributed by atoms with Crippen LogP contribution in [0, 0.1) is 11.6 Å². The van der Waals surface area contributed by atoms with Crippen molar-refractivity contribution in [1.29, 1.82) is 0 Å². The zero-order valence-electron chi connectivity index (χ0n) is 12.7. The highest BCUT2D eigenvalue weighted by Gasteiger charge is 2.30. The summed E-state index contributed by atoms with van der Waals surface area (Å²) >= 11 is 0. The summed E-state index contributed by atoms with van der Waals surface area (Å²) in [6.45, 7) is 5.83. The highest BCUT2D eigenvalue weighted by molar-refractivity contribution is 5.93. The minimum absolute atomic E-state index is 0.0278. The fraction of sp³-hybridized carbons (Fsp3) is 0.467. The summed E-state index contributed by atoms with van der Waals surface area (Å²) in [5.74, 6) is -1.77. The van der Waals surface area contributed by atoms with Gasteiger partial charge in [-0.25, -0.2) is 8.78 Å². The first kappa shape index (κ1) is 16.4. The summed E-state index contributed by atoms with van der Waals surface area (Å²) in [6.07, 6.45) is 0. The normalized spacial score (nSPS) is 17.2. The summed E-state index contributed by atoms with van der Waals surface area (Å²) in [5.41, 5.74) is -0.0278. The third-order valence-electron chi connectivity index (χ3n) is 4.05. The Hall–Kier alpha value is -2.02. The van der Waals surface area contributed by atoms with Crippen LogP contribution in [0.25, 0.3) is 0 Å². The smallest absolute Gasteiger partial charge is 0.282 e. The monoisotopic (exact) mass is 312 g/mol. The number of rotatable bonds is 3. The molecule has 0 unspecified atom stereocenters. The van der Waals surface area contributed by atoms with Gasteiger partial charge in [-0.3, -0.25) is 9.59 Å². The van der Waals surface area contributed by atoms with E-state index in [-0.39, 0.29) is 23.5 Å². The van der Waals surface area contributed by atoms with Gasteiger partial charge in [0.05, 0.1) is 31.9 Å². The Morgan fingerprint density at radius 1 is 1.27 bits per heavy atom. The average Bonchev–Trinajstić information content (AvgIpc) is 2.49. The average molecular weight is 312 g/mol.